The lowest BCUT2D eigenvalue weighted by atomic mass is 10.2. The van der Waals surface area contributed by atoms with Gasteiger partial charge in [-0.15, -0.1) is 0 Å². The van der Waals surface area contributed by atoms with E-state index in [9.17, 15) is 23.1 Å². The van der Waals surface area contributed by atoms with E-state index in [-0.39, 0.29) is 18.2 Å². The van der Waals surface area contributed by atoms with Crippen LogP contribution in [0.3, 0.4) is 0 Å². The van der Waals surface area contributed by atoms with Gasteiger partial charge < -0.3 is 15.2 Å². The van der Waals surface area contributed by atoms with E-state index in [1.807, 2.05) is 0 Å². The second-order valence-electron chi connectivity index (χ2n) is 4.86. The second kappa shape index (κ2) is 5.38. The minimum atomic E-state index is -4.48. The molecule has 0 fully saturated rings. The first-order valence-corrected chi connectivity index (χ1v) is 6.56. The third-order valence-electron chi connectivity index (χ3n) is 3.27. The molecule has 120 valence electrons. The minimum absolute atomic E-state index is 0.0103. The van der Waals surface area contributed by atoms with Crippen molar-refractivity contribution >= 4 is 17.4 Å². The number of phenols is 1. The maximum Gasteiger partial charge on any atom is 0.416 e. The Morgan fingerprint density at radius 2 is 2.00 bits per heavy atom. The zero-order valence-electron chi connectivity index (χ0n) is 11.6. The number of halogens is 3. The summed E-state index contributed by atoms with van der Waals surface area (Å²) in [6.45, 7) is -0.0937. The first kappa shape index (κ1) is 15.0. The number of carbonyl (C=O) groups excluding carboxylic acids is 1. The lowest BCUT2D eigenvalue weighted by Gasteiger charge is -2.16. The molecule has 2 aromatic rings. The summed E-state index contributed by atoms with van der Waals surface area (Å²) in [5.74, 6) is 0.313. The lowest BCUT2D eigenvalue weighted by Crippen LogP contribution is -2.34. The second-order valence-corrected chi connectivity index (χ2v) is 4.86. The standard InChI is InChI=1S/C15H11F3N2O3/c16-15(17,18)9-2-1-3-10(6-9)19-14(22)20-8-23-13-7-11(21)4-5-12(13)20/h1-7,21H,8H2,(H,19,22). The van der Waals surface area contributed by atoms with Crippen LogP contribution >= 0.6 is 0 Å². The van der Waals surface area contributed by atoms with Gasteiger partial charge in [0.15, 0.2) is 6.73 Å². The van der Waals surface area contributed by atoms with Crippen LogP contribution in [-0.4, -0.2) is 17.9 Å². The SMILES string of the molecule is O=C(Nc1cccc(C(F)(F)F)c1)N1COc2cc(O)ccc21. The van der Waals surface area contributed by atoms with Gasteiger partial charge in [0.2, 0.25) is 0 Å². The van der Waals surface area contributed by atoms with Gasteiger partial charge in [-0.2, -0.15) is 13.2 Å². The summed E-state index contributed by atoms with van der Waals surface area (Å²) in [6, 6.07) is 7.95. The average Bonchev–Trinajstić information content (AvgIpc) is 2.89. The van der Waals surface area contributed by atoms with Crippen molar-refractivity contribution in [2.24, 2.45) is 0 Å². The summed E-state index contributed by atoms with van der Waals surface area (Å²) in [5.41, 5.74) is -0.400. The largest absolute Gasteiger partial charge is 0.508 e. The monoisotopic (exact) mass is 324 g/mol. The molecule has 0 spiro atoms. The summed E-state index contributed by atoms with van der Waals surface area (Å²) in [5, 5.41) is 11.8. The molecule has 0 atom stereocenters. The first-order valence-electron chi connectivity index (χ1n) is 6.56. The lowest BCUT2D eigenvalue weighted by molar-refractivity contribution is -0.137. The van der Waals surface area contributed by atoms with E-state index in [4.69, 9.17) is 4.74 Å². The van der Waals surface area contributed by atoms with Crippen molar-refractivity contribution in [2.75, 3.05) is 16.9 Å². The number of nitrogens with zero attached hydrogens (tertiary/aromatic N) is 1. The Morgan fingerprint density at radius 3 is 2.74 bits per heavy atom. The van der Waals surface area contributed by atoms with Crippen LogP contribution in [0, 0.1) is 0 Å². The number of fused-ring (bicyclic) bond motifs is 1. The van der Waals surface area contributed by atoms with Crippen molar-refractivity contribution < 1.29 is 27.8 Å². The molecule has 0 unspecified atom stereocenters. The number of hydrogen-bond donors (Lipinski definition) is 2. The summed E-state index contributed by atoms with van der Waals surface area (Å²) in [7, 11) is 0. The Hall–Kier alpha value is -2.90. The fourth-order valence-corrected chi connectivity index (χ4v) is 2.18. The van der Waals surface area contributed by atoms with Crippen LogP contribution in [0.1, 0.15) is 5.56 Å². The Kier molecular flexibility index (Phi) is 3.51. The first-order chi connectivity index (χ1) is 10.8. The van der Waals surface area contributed by atoms with E-state index < -0.39 is 17.8 Å². The van der Waals surface area contributed by atoms with Crippen molar-refractivity contribution in [1.29, 1.82) is 0 Å². The zero-order chi connectivity index (χ0) is 16.6. The number of aromatic hydroxyl groups is 1. The number of carbonyl (C=O) groups is 1. The number of amides is 2. The summed E-state index contributed by atoms with van der Waals surface area (Å²) in [6.07, 6.45) is -4.48. The van der Waals surface area contributed by atoms with E-state index in [2.05, 4.69) is 5.32 Å². The molecule has 5 nitrogen and oxygen atoms in total. The molecule has 1 heterocycles. The smallest absolute Gasteiger partial charge is 0.416 e. The van der Waals surface area contributed by atoms with Crippen molar-refractivity contribution in [3.05, 3.63) is 48.0 Å². The highest BCUT2D eigenvalue weighted by atomic mass is 19.4. The molecule has 2 N–H and O–H groups in total. The van der Waals surface area contributed by atoms with E-state index in [1.54, 1.807) is 0 Å². The van der Waals surface area contributed by atoms with Crippen molar-refractivity contribution in [3.8, 4) is 11.5 Å². The Bertz CT molecular complexity index is 762. The molecule has 0 saturated heterocycles. The van der Waals surface area contributed by atoms with Crippen LogP contribution in [0.4, 0.5) is 29.3 Å². The quantitative estimate of drug-likeness (QED) is 0.839. The van der Waals surface area contributed by atoms with E-state index in [0.29, 0.717) is 11.4 Å². The Labute approximate surface area is 128 Å². The van der Waals surface area contributed by atoms with Crippen LogP contribution in [0.15, 0.2) is 42.5 Å². The fraction of sp³-hybridized carbons (Fsp3) is 0.133. The van der Waals surface area contributed by atoms with Gasteiger partial charge in [-0.05, 0) is 30.3 Å². The maximum atomic E-state index is 12.7. The molecule has 3 rings (SSSR count). The number of benzene rings is 2. The minimum Gasteiger partial charge on any atom is -0.508 e. The molecular weight excluding hydrogens is 313 g/mol. The van der Waals surface area contributed by atoms with E-state index in [1.165, 1.54) is 35.2 Å². The van der Waals surface area contributed by atoms with Crippen LogP contribution in [0.2, 0.25) is 0 Å². The number of hydrogen-bond acceptors (Lipinski definition) is 3. The number of anilines is 2. The van der Waals surface area contributed by atoms with Crippen molar-refractivity contribution in [3.63, 3.8) is 0 Å². The molecule has 2 aromatic carbocycles. The number of phenolic OH excluding ortho intramolecular Hbond substituents is 1. The predicted molar refractivity (Wildman–Crippen MR) is 76.5 cm³/mol. The molecule has 1 aliphatic rings. The normalized spacial score (nSPS) is 13.4. The number of ether oxygens (including phenoxy) is 1. The molecule has 0 bridgehead atoms. The number of urea groups is 1. The van der Waals surface area contributed by atoms with Gasteiger partial charge in [-0.1, -0.05) is 6.07 Å². The number of alkyl halides is 3. The van der Waals surface area contributed by atoms with Crippen LogP contribution in [-0.2, 0) is 6.18 Å². The predicted octanol–water partition coefficient (Wildman–Crippen LogP) is 3.80. The Balaban J connectivity index is 1.79. The third-order valence-corrected chi connectivity index (χ3v) is 3.27. The van der Waals surface area contributed by atoms with E-state index >= 15 is 0 Å². The fourth-order valence-electron chi connectivity index (χ4n) is 2.18. The molecule has 23 heavy (non-hydrogen) atoms. The number of rotatable bonds is 1. The van der Waals surface area contributed by atoms with Gasteiger partial charge in [0.25, 0.3) is 0 Å². The van der Waals surface area contributed by atoms with Gasteiger partial charge >= 0.3 is 12.2 Å². The zero-order valence-corrected chi connectivity index (χ0v) is 11.6. The summed E-state index contributed by atoms with van der Waals surface area (Å²) < 4.78 is 43.3. The Morgan fingerprint density at radius 1 is 1.22 bits per heavy atom. The highest BCUT2D eigenvalue weighted by molar-refractivity contribution is 6.03. The summed E-state index contributed by atoms with van der Waals surface area (Å²) in [4.78, 5) is 13.4. The van der Waals surface area contributed by atoms with Crippen molar-refractivity contribution in [2.45, 2.75) is 6.18 Å². The van der Waals surface area contributed by atoms with Gasteiger partial charge in [0, 0.05) is 11.8 Å². The topological polar surface area (TPSA) is 61.8 Å². The van der Waals surface area contributed by atoms with Gasteiger partial charge in [0.1, 0.15) is 11.5 Å². The molecule has 0 saturated carbocycles. The van der Waals surface area contributed by atoms with Crippen LogP contribution in [0.25, 0.3) is 0 Å². The maximum absolute atomic E-state index is 12.7. The molecular formula is C15H11F3N2O3. The molecule has 8 heteroatoms. The highest BCUT2D eigenvalue weighted by Gasteiger charge is 2.31. The third kappa shape index (κ3) is 3.01. The molecule has 0 radical (unpaired) electrons. The molecule has 2 amide bonds. The molecule has 1 aliphatic heterocycles. The van der Waals surface area contributed by atoms with E-state index in [0.717, 1.165) is 12.1 Å². The average molecular weight is 324 g/mol. The van der Waals surface area contributed by atoms with Gasteiger partial charge in [-0.3, -0.25) is 4.90 Å². The summed E-state index contributed by atoms with van der Waals surface area (Å²) >= 11 is 0. The van der Waals surface area contributed by atoms with Crippen LogP contribution in [0.5, 0.6) is 11.5 Å². The van der Waals surface area contributed by atoms with Crippen molar-refractivity contribution in [1.82, 2.24) is 0 Å². The van der Waals surface area contributed by atoms with Crippen LogP contribution < -0.4 is 15.0 Å². The molecule has 0 aromatic heterocycles. The highest BCUT2D eigenvalue weighted by Crippen LogP contribution is 2.37. The van der Waals surface area contributed by atoms with Gasteiger partial charge in [-0.25, -0.2) is 4.79 Å². The number of nitrogens with one attached hydrogen (secondary N) is 1. The molecule has 0 aliphatic carbocycles. The van der Waals surface area contributed by atoms with Gasteiger partial charge in [0.05, 0.1) is 11.3 Å².